The Morgan fingerprint density at radius 2 is 1.63 bits per heavy atom. The largest absolute Gasteiger partial charge is 0.497 e. The molecule has 1 N–H and O–H groups in total. The highest BCUT2D eigenvalue weighted by Gasteiger charge is 2.36. The molecule has 1 aliphatic rings. The Bertz CT molecular complexity index is 1720. The van der Waals surface area contributed by atoms with Gasteiger partial charge in [-0.2, -0.15) is 5.10 Å². The van der Waals surface area contributed by atoms with Crippen molar-refractivity contribution >= 4 is 17.7 Å². The SMILES string of the molecule is COC(=O)c1ccccc1NC(=O)N1Cc2c(C)nn(-c3ccccc3)c2-n2cccc2C1c1ccc(OC)cc1. The molecule has 0 spiro atoms. The number of esters is 1. The van der Waals surface area contributed by atoms with E-state index >= 15 is 0 Å². The summed E-state index contributed by atoms with van der Waals surface area (Å²) in [5.41, 5.74) is 5.09. The van der Waals surface area contributed by atoms with Crippen LogP contribution in [0.4, 0.5) is 10.5 Å². The molecule has 41 heavy (non-hydrogen) atoms. The van der Waals surface area contributed by atoms with E-state index in [0.29, 0.717) is 5.69 Å². The molecule has 1 atom stereocenters. The van der Waals surface area contributed by atoms with Crippen molar-refractivity contribution in [1.82, 2.24) is 19.2 Å². The lowest BCUT2D eigenvalue weighted by atomic mass is 10.0. The summed E-state index contributed by atoms with van der Waals surface area (Å²) in [7, 11) is 2.94. The lowest BCUT2D eigenvalue weighted by Crippen LogP contribution is -2.38. The number of aryl methyl sites for hydroxylation is 1. The topological polar surface area (TPSA) is 90.6 Å². The molecule has 9 nitrogen and oxygen atoms in total. The number of ether oxygens (including phenoxy) is 2. The van der Waals surface area contributed by atoms with Gasteiger partial charge in [0.2, 0.25) is 0 Å². The number of rotatable bonds is 5. The van der Waals surface area contributed by atoms with Crippen molar-refractivity contribution in [2.24, 2.45) is 0 Å². The van der Waals surface area contributed by atoms with Crippen LogP contribution >= 0.6 is 0 Å². The molecule has 2 amide bonds. The zero-order valence-corrected chi connectivity index (χ0v) is 22.9. The van der Waals surface area contributed by atoms with Crippen molar-refractivity contribution in [2.75, 3.05) is 19.5 Å². The van der Waals surface area contributed by atoms with Gasteiger partial charge < -0.3 is 24.3 Å². The molecule has 0 bridgehead atoms. The third-order valence-electron chi connectivity index (χ3n) is 7.35. The van der Waals surface area contributed by atoms with Gasteiger partial charge in [0.15, 0.2) is 0 Å². The summed E-state index contributed by atoms with van der Waals surface area (Å²) in [6.45, 7) is 2.23. The number of hydrogen-bond donors (Lipinski definition) is 1. The molecule has 5 aromatic rings. The summed E-state index contributed by atoms with van der Waals surface area (Å²) in [5, 5.41) is 7.87. The van der Waals surface area contributed by atoms with Crippen molar-refractivity contribution < 1.29 is 19.1 Å². The molecule has 0 saturated heterocycles. The second-order valence-electron chi connectivity index (χ2n) is 9.71. The first-order valence-corrected chi connectivity index (χ1v) is 13.2. The van der Waals surface area contributed by atoms with Crippen LogP contribution in [0.2, 0.25) is 0 Å². The fourth-order valence-electron chi connectivity index (χ4n) is 5.35. The Morgan fingerprint density at radius 1 is 0.902 bits per heavy atom. The second-order valence-corrected chi connectivity index (χ2v) is 9.71. The molecule has 1 aliphatic heterocycles. The molecule has 9 heteroatoms. The summed E-state index contributed by atoms with van der Waals surface area (Å²) in [5.74, 6) is 1.07. The van der Waals surface area contributed by atoms with E-state index in [4.69, 9.17) is 14.6 Å². The summed E-state index contributed by atoms with van der Waals surface area (Å²) in [6.07, 6.45) is 2.00. The number of nitrogens with zero attached hydrogens (tertiary/aromatic N) is 4. The standard InChI is InChI=1S/C32H29N5O4/c1-21-26-20-36(32(39)33-27-13-8-7-12-25(27)31(38)41-3)29(22-15-17-24(40-2)18-16-22)28-14-9-19-35(28)30(26)37(34-21)23-10-5-4-6-11-23/h4-19,29H,20H2,1-3H3,(H,33,39). The van der Waals surface area contributed by atoms with E-state index in [0.717, 1.165) is 39.8 Å². The fourth-order valence-corrected chi connectivity index (χ4v) is 5.35. The normalized spacial score (nSPS) is 14.0. The number of nitrogens with one attached hydrogen (secondary N) is 1. The van der Waals surface area contributed by atoms with Crippen molar-refractivity contribution in [3.05, 3.63) is 125 Å². The van der Waals surface area contributed by atoms with Gasteiger partial charge in [-0.1, -0.05) is 42.5 Å². The number of carbonyl (C=O) groups is 2. The molecule has 3 aromatic carbocycles. The monoisotopic (exact) mass is 547 g/mol. The Labute approximate surface area is 237 Å². The van der Waals surface area contributed by atoms with Crippen LogP contribution in [-0.4, -0.2) is 45.5 Å². The van der Waals surface area contributed by atoms with Gasteiger partial charge in [0.1, 0.15) is 11.6 Å². The molecular formula is C32H29N5O4. The van der Waals surface area contributed by atoms with Crippen LogP contribution in [0.3, 0.4) is 0 Å². The molecule has 2 aromatic heterocycles. The fraction of sp³-hybridized carbons (Fsp3) is 0.156. The highest BCUT2D eigenvalue weighted by Crippen LogP contribution is 2.39. The number of para-hydroxylation sites is 2. The molecule has 6 rings (SSSR count). The third-order valence-corrected chi connectivity index (χ3v) is 7.35. The minimum Gasteiger partial charge on any atom is -0.497 e. The summed E-state index contributed by atoms with van der Waals surface area (Å²) >= 11 is 0. The first-order valence-electron chi connectivity index (χ1n) is 13.2. The van der Waals surface area contributed by atoms with Crippen LogP contribution < -0.4 is 10.1 Å². The van der Waals surface area contributed by atoms with Crippen LogP contribution in [0.15, 0.2) is 97.2 Å². The van der Waals surface area contributed by atoms with Crippen molar-refractivity contribution in [2.45, 2.75) is 19.5 Å². The molecule has 3 heterocycles. The lowest BCUT2D eigenvalue weighted by molar-refractivity contribution is 0.0602. The van der Waals surface area contributed by atoms with E-state index in [9.17, 15) is 9.59 Å². The maximum absolute atomic E-state index is 14.2. The van der Waals surface area contributed by atoms with E-state index < -0.39 is 12.0 Å². The molecule has 0 saturated carbocycles. The number of urea groups is 1. The number of benzene rings is 3. The smallest absolute Gasteiger partial charge is 0.339 e. The van der Waals surface area contributed by atoms with E-state index in [2.05, 4.69) is 9.88 Å². The van der Waals surface area contributed by atoms with Gasteiger partial charge in [0.05, 0.1) is 55.1 Å². The van der Waals surface area contributed by atoms with Crippen LogP contribution in [0.1, 0.15) is 38.9 Å². The van der Waals surface area contributed by atoms with Gasteiger partial charge in [-0.3, -0.25) is 0 Å². The Morgan fingerprint density at radius 3 is 2.37 bits per heavy atom. The quantitative estimate of drug-likeness (QED) is 0.277. The number of carbonyl (C=O) groups excluding carboxylic acids is 2. The van der Waals surface area contributed by atoms with Crippen LogP contribution in [0, 0.1) is 6.92 Å². The van der Waals surface area contributed by atoms with Crippen LogP contribution in [0.25, 0.3) is 11.5 Å². The van der Waals surface area contributed by atoms with E-state index in [1.807, 2.05) is 84.5 Å². The molecule has 0 aliphatic carbocycles. The third kappa shape index (κ3) is 4.61. The van der Waals surface area contributed by atoms with Gasteiger partial charge in [0, 0.05) is 11.8 Å². The average Bonchev–Trinajstić information content (AvgIpc) is 3.57. The summed E-state index contributed by atoms with van der Waals surface area (Å²) in [6, 6.07) is 27.6. The zero-order chi connectivity index (χ0) is 28.5. The maximum Gasteiger partial charge on any atom is 0.339 e. The molecular weight excluding hydrogens is 518 g/mol. The number of anilines is 1. The van der Waals surface area contributed by atoms with Gasteiger partial charge >= 0.3 is 12.0 Å². The van der Waals surface area contributed by atoms with Crippen LogP contribution in [0.5, 0.6) is 5.75 Å². The zero-order valence-electron chi connectivity index (χ0n) is 22.9. The number of hydrogen-bond acceptors (Lipinski definition) is 5. The number of amides is 2. The summed E-state index contributed by atoms with van der Waals surface area (Å²) in [4.78, 5) is 28.5. The molecule has 206 valence electrons. The average molecular weight is 548 g/mol. The Hall–Kier alpha value is -5.31. The van der Waals surface area contributed by atoms with E-state index in [1.165, 1.54) is 7.11 Å². The lowest BCUT2D eigenvalue weighted by Gasteiger charge is -2.31. The van der Waals surface area contributed by atoms with Gasteiger partial charge in [-0.05, 0) is 61.0 Å². The predicted octanol–water partition coefficient (Wildman–Crippen LogP) is 5.90. The van der Waals surface area contributed by atoms with E-state index in [1.54, 1.807) is 36.3 Å². The number of methoxy groups -OCH3 is 2. The highest BCUT2D eigenvalue weighted by atomic mass is 16.5. The van der Waals surface area contributed by atoms with Crippen molar-refractivity contribution in [1.29, 1.82) is 0 Å². The van der Waals surface area contributed by atoms with Crippen LogP contribution in [-0.2, 0) is 11.3 Å². The minimum absolute atomic E-state index is 0.274. The number of fused-ring (bicyclic) bond motifs is 3. The molecule has 1 unspecified atom stereocenters. The summed E-state index contributed by atoms with van der Waals surface area (Å²) < 4.78 is 14.4. The first kappa shape index (κ1) is 25.9. The van der Waals surface area contributed by atoms with Gasteiger partial charge in [-0.15, -0.1) is 0 Å². The Kier molecular flexibility index (Phi) is 6.76. The molecule has 0 radical (unpaired) electrons. The van der Waals surface area contributed by atoms with Gasteiger partial charge in [-0.25, -0.2) is 14.3 Å². The predicted molar refractivity (Wildman–Crippen MR) is 155 cm³/mol. The van der Waals surface area contributed by atoms with E-state index in [-0.39, 0.29) is 18.1 Å². The van der Waals surface area contributed by atoms with Gasteiger partial charge in [0.25, 0.3) is 0 Å². The van der Waals surface area contributed by atoms with Crippen molar-refractivity contribution in [3.8, 4) is 17.3 Å². The molecule has 0 fully saturated rings. The number of aromatic nitrogens is 3. The minimum atomic E-state index is -0.528. The maximum atomic E-state index is 14.2. The Balaban J connectivity index is 1.52. The highest BCUT2D eigenvalue weighted by molar-refractivity contribution is 6.01. The van der Waals surface area contributed by atoms with Crippen molar-refractivity contribution in [3.63, 3.8) is 0 Å². The first-order chi connectivity index (χ1) is 20.0. The second kappa shape index (κ2) is 10.7.